The first kappa shape index (κ1) is 20.7. The average Bonchev–Trinajstić information content (AvgIpc) is 2.49. The van der Waals surface area contributed by atoms with E-state index in [-0.39, 0.29) is 42.3 Å². The van der Waals surface area contributed by atoms with Crippen LogP contribution in [0.5, 0.6) is 5.75 Å². The minimum Gasteiger partial charge on any atom is -0.490 e. The molecule has 1 atom stereocenters. The summed E-state index contributed by atoms with van der Waals surface area (Å²) in [6, 6.07) is 5.07. The van der Waals surface area contributed by atoms with E-state index in [1.165, 1.54) is 7.11 Å². The molecule has 6 nitrogen and oxygen atoms in total. The molecule has 1 N–H and O–H groups in total. The Labute approximate surface area is 142 Å². The Bertz CT molecular complexity index is 508. The lowest BCUT2D eigenvalue weighted by molar-refractivity contribution is -0.385. The first-order valence-electron chi connectivity index (χ1n) is 6.57. The molecule has 0 spiro atoms. The van der Waals surface area contributed by atoms with Crippen molar-refractivity contribution < 1.29 is 9.66 Å². The second kappa shape index (κ2) is 9.63. The molecular formula is C14H21Cl2N3O3. The van der Waals surface area contributed by atoms with Crippen LogP contribution in [0.1, 0.15) is 11.6 Å². The summed E-state index contributed by atoms with van der Waals surface area (Å²) in [5.41, 5.74) is 0.862. The fourth-order valence-corrected chi connectivity index (χ4v) is 2.49. The number of benzene rings is 1. The van der Waals surface area contributed by atoms with Crippen LogP contribution >= 0.6 is 24.8 Å². The highest BCUT2D eigenvalue weighted by atomic mass is 35.5. The van der Waals surface area contributed by atoms with Gasteiger partial charge in [0, 0.05) is 32.2 Å². The molecule has 22 heavy (non-hydrogen) atoms. The molecule has 0 aromatic heterocycles. The maximum Gasteiger partial charge on any atom is 0.311 e. The van der Waals surface area contributed by atoms with Crippen molar-refractivity contribution in [3.8, 4) is 5.75 Å². The topological polar surface area (TPSA) is 67.6 Å². The van der Waals surface area contributed by atoms with Crippen molar-refractivity contribution in [3.63, 3.8) is 0 Å². The number of halogens is 2. The van der Waals surface area contributed by atoms with Crippen LogP contribution in [0.2, 0.25) is 0 Å². The van der Waals surface area contributed by atoms with Crippen molar-refractivity contribution >= 4 is 30.5 Å². The van der Waals surface area contributed by atoms with Gasteiger partial charge in [-0.05, 0) is 11.6 Å². The van der Waals surface area contributed by atoms with Gasteiger partial charge >= 0.3 is 5.69 Å². The number of nitro groups is 1. The second-order valence-corrected chi connectivity index (χ2v) is 4.65. The maximum absolute atomic E-state index is 11.1. The summed E-state index contributed by atoms with van der Waals surface area (Å²) >= 11 is 0. The SMILES string of the molecule is C=C[C@@H](c1ccc(OC)c([N+](=O)[O-])c1)N1CCNCC1.Cl.Cl. The van der Waals surface area contributed by atoms with Crippen LogP contribution in [-0.4, -0.2) is 43.1 Å². The van der Waals surface area contributed by atoms with E-state index in [9.17, 15) is 10.1 Å². The second-order valence-electron chi connectivity index (χ2n) is 4.65. The number of nitro benzene ring substituents is 1. The first-order chi connectivity index (χ1) is 9.67. The van der Waals surface area contributed by atoms with Gasteiger partial charge in [0.2, 0.25) is 0 Å². The van der Waals surface area contributed by atoms with Crippen LogP contribution in [-0.2, 0) is 0 Å². The van der Waals surface area contributed by atoms with Gasteiger partial charge in [0.1, 0.15) is 0 Å². The van der Waals surface area contributed by atoms with E-state index < -0.39 is 4.92 Å². The van der Waals surface area contributed by atoms with Gasteiger partial charge in [0.15, 0.2) is 5.75 Å². The summed E-state index contributed by atoms with van der Waals surface area (Å²) in [4.78, 5) is 12.9. The lowest BCUT2D eigenvalue weighted by Gasteiger charge is -2.33. The van der Waals surface area contributed by atoms with E-state index in [0.717, 1.165) is 31.7 Å². The molecule has 1 heterocycles. The van der Waals surface area contributed by atoms with Crippen molar-refractivity contribution in [2.75, 3.05) is 33.3 Å². The number of piperazine rings is 1. The molecule has 0 aliphatic carbocycles. The quantitative estimate of drug-likeness (QED) is 0.502. The van der Waals surface area contributed by atoms with Gasteiger partial charge in [-0.3, -0.25) is 15.0 Å². The Balaban J connectivity index is 0.00000220. The van der Waals surface area contributed by atoms with Crippen LogP contribution in [0.15, 0.2) is 30.9 Å². The molecule has 1 aliphatic rings. The van der Waals surface area contributed by atoms with Gasteiger partial charge in [-0.1, -0.05) is 12.1 Å². The predicted molar refractivity (Wildman–Crippen MR) is 91.5 cm³/mol. The average molecular weight is 350 g/mol. The summed E-state index contributed by atoms with van der Waals surface area (Å²) in [5.74, 6) is 0.280. The van der Waals surface area contributed by atoms with Gasteiger partial charge in [0.25, 0.3) is 0 Å². The monoisotopic (exact) mass is 349 g/mol. The molecule has 1 fully saturated rings. The molecule has 1 saturated heterocycles. The summed E-state index contributed by atoms with van der Waals surface area (Å²) < 4.78 is 5.03. The summed E-state index contributed by atoms with van der Waals surface area (Å²) in [5, 5.41) is 14.4. The smallest absolute Gasteiger partial charge is 0.311 e. The highest BCUT2D eigenvalue weighted by Gasteiger charge is 2.23. The van der Waals surface area contributed by atoms with Gasteiger partial charge in [-0.2, -0.15) is 0 Å². The zero-order valence-electron chi connectivity index (χ0n) is 12.4. The van der Waals surface area contributed by atoms with Crippen molar-refractivity contribution in [2.24, 2.45) is 0 Å². The van der Waals surface area contributed by atoms with Crippen molar-refractivity contribution in [1.29, 1.82) is 0 Å². The third-order valence-electron chi connectivity index (χ3n) is 3.51. The number of rotatable bonds is 5. The fourth-order valence-electron chi connectivity index (χ4n) is 2.49. The molecule has 0 bridgehead atoms. The van der Waals surface area contributed by atoms with Gasteiger partial charge in [0.05, 0.1) is 18.1 Å². The zero-order chi connectivity index (χ0) is 14.5. The van der Waals surface area contributed by atoms with E-state index in [2.05, 4.69) is 16.8 Å². The normalized spacial score (nSPS) is 15.9. The van der Waals surface area contributed by atoms with Crippen LogP contribution in [0.25, 0.3) is 0 Å². The van der Waals surface area contributed by atoms with E-state index >= 15 is 0 Å². The van der Waals surface area contributed by atoms with Gasteiger partial charge < -0.3 is 10.1 Å². The molecule has 0 amide bonds. The zero-order valence-corrected chi connectivity index (χ0v) is 14.0. The number of hydrogen-bond donors (Lipinski definition) is 1. The van der Waals surface area contributed by atoms with Crippen LogP contribution < -0.4 is 10.1 Å². The summed E-state index contributed by atoms with van der Waals surface area (Å²) in [6.45, 7) is 7.50. The van der Waals surface area contributed by atoms with E-state index in [0.29, 0.717) is 0 Å². The molecule has 0 saturated carbocycles. The van der Waals surface area contributed by atoms with E-state index in [4.69, 9.17) is 4.74 Å². The molecule has 124 valence electrons. The van der Waals surface area contributed by atoms with E-state index in [1.807, 2.05) is 12.1 Å². The highest BCUT2D eigenvalue weighted by molar-refractivity contribution is 5.85. The number of nitrogens with one attached hydrogen (secondary N) is 1. The number of hydrogen-bond acceptors (Lipinski definition) is 5. The standard InChI is InChI=1S/C14H19N3O3.2ClH/c1-3-12(16-8-6-15-7-9-16)11-4-5-14(20-2)13(10-11)17(18)19;;/h3-5,10,12,15H,1,6-9H2,2H3;2*1H/t12-;;/m0../s1. The van der Waals surface area contributed by atoms with Crippen LogP contribution in [0, 0.1) is 10.1 Å². The molecule has 2 rings (SSSR count). The minimum absolute atomic E-state index is 0. The number of methoxy groups -OCH3 is 1. The molecule has 1 aliphatic heterocycles. The minimum atomic E-state index is -0.416. The number of nitrogens with zero attached hydrogens (tertiary/aromatic N) is 2. The Morgan fingerprint density at radius 3 is 2.55 bits per heavy atom. The Morgan fingerprint density at radius 2 is 2.05 bits per heavy atom. The molecule has 1 aromatic carbocycles. The third-order valence-corrected chi connectivity index (χ3v) is 3.51. The largest absolute Gasteiger partial charge is 0.490 e. The highest BCUT2D eigenvalue weighted by Crippen LogP contribution is 2.32. The Kier molecular flexibility index (Phi) is 9.04. The van der Waals surface area contributed by atoms with Crippen molar-refractivity contribution in [3.05, 3.63) is 46.5 Å². The van der Waals surface area contributed by atoms with Crippen molar-refractivity contribution in [1.82, 2.24) is 10.2 Å². The van der Waals surface area contributed by atoms with E-state index in [1.54, 1.807) is 12.1 Å². The lowest BCUT2D eigenvalue weighted by Crippen LogP contribution is -2.44. The Hall–Kier alpha value is -1.34. The first-order valence-corrected chi connectivity index (χ1v) is 6.57. The molecule has 8 heteroatoms. The van der Waals surface area contributed by atoms with Gasteiger partial charge in [-0.15, -0.1) is 31.4 Å². The fraction of sp³-hybridized carbons (Fsp3) is 0.429. The molecule has 0 unspecified atom stereocenters. The molecular weight excluding hydrogens is 329 g/mol. The van der Waals surface area contributed by atoms with Crippen LogP contribution in [0.3, 0.4) is 0 Å². The molecule has 0 radical (unpaired) electrons. The van der Waals surface area contributed by atoms with Crippen molar-refractivity contribution in [2.45, 2.75) is 6.04 Å². The van der Waals surface area contributed by atoms with Crippen LogP contribution in [0.4, 0.5) is 5.69 Å². The summed E-state index contributed by atoms with van der Waals surface area (Å²) in [7, 11) is 1.43. The lowest BCUT2D eigenvalue weighted by atomic mass is 10.0. The molecule has 1 aromatic rings. The maximum atomic E-state index is 11.1. The number of ether oxygens (including phenoxy) is 1. The Morgan fingerprint density at radius 1 is 1.41 bits per heavy atom. The third kappa shape index (κ3) is 4.58. The summed E-state index contributed by atoms with van der Waals surface area (Å²) in [6.07, 6.45) is 1.83. The predicted octanol–water partition coefficient (Wildman–Crippen LogP) is 2.58. The van der Waals surface area contributed by atoms with Gasteiger partial charge in [-0.25, -0.2) is 0 Å².